The maximum atomic E-state index is 12.0. The zero-order valence-electron chi connectivity index (χ0n) is 14.8. The van der Waals surface area contributed by atoms with Crippen molar-refractivity contribution in [1.29, 1.82) is 5.26 Å². The average molecular weight is 351 g/mol. The molecule has 0 unspecified atom stereocenters. The van der Waals surface area contributed by atoms with Gasteiger partial charge in [0.25, 0.3) is 5.91 Å². The Hall–Kier alpha value is -3.33. The van der Waals surface area contributed by atoms with Gasteiger partial charge in [-0.2, -0.15) is 5.26 Å². The van der Waals surface area contributed by atoms with Crippen molar-refractivity contribution >= 4 is 17.5 Å². The molecule has 0 radical (unpaired) electrons. The molecule has 0 saturated heterocycles. The molecule has 0 fully saturated rings. The molecule has 26 heavy (non-hydrogen) atoms. The van der Waals surface area contributed by atoms with Crippen molar-refractivity contribution in [2.45, 2.75) is 26.8 Å². The van der Waals surface area contributed by atoms with Crippen LogP contribution in [0.3, 0.4) is 0 Å². The molecule has 0 aliphatic heterocycles. The smallest absolute Gasteiger partial charge is 0.258 e. The standard InChI is InChI=1S/C20H21N3O3/c1-14-6-7-18(15(2)10-14)26-13-20(25)22-12-16-4-3-5-17(11-16)23-19(24)8-9-21/h3-7,10-11H,8,12-13H2,1-2H3,(H,22,25)(H,23,24). The third-order valence-electron chi connectivity index (χ3n) is 3.63. The Morgan fingerprint density at radius 1 is 1.12 bits per heavy atom. The fourth-order valence-corrected chi connectivity index (χ4v) is 2.39. The van der Waals surface area contributed by atoms with Crippen LogP contribution in [0, 0.1) is 25.2 Å². The van der Waals surface area contributed by atoms with Gasteiger partial charge in [0.1, 0.15) is 12.2 Å². The van der Waals surface area contributed by atoms with Crippen molar-refractivity contribution in [3.8, 4) is 11.8 Å². The predicted molar refractivity (Wildman–Crippen MR) is 98.6 cm³/mol. The highest BCUT2D eigenvalue weighted by Crippen LogP contribution is 2.18. The van der Waals surface area contributed by atoms with Gasteiger partial charge in [0.2, 0.25) is 5.91 Å². The van der Waals surface area contributed by atoms with E-state index >= 15 is 0 Å². The van der Waals surface area contributed by atoms with Gasteiger partial charge in [-0.25, -0.2) is 0 Å². The number of carbonyl (C=O) groups excluding carboxylic acids is 2. The van der Waals surface area contributed by atoms with Crippen LogP contribution >= 0.6 is 0 Å². The maximum Gasteiger partial charge on any atom is 0.258 e. The number of ether oxygens (including phenoxy) is 1. The summed E-state index contributed by atoms with van der Waals surface area (Å²) < 4.78 is 5.55. The Labute approximate surface area is 152 Å². The zero-order valence-corrected chi connectivity index (χ0v) is 14.8. The highest BCUT2D eigenvalue weighted by Gasteiger charge is 2.06. The van der Waals surface area contributed by atoms with Crippen molar-refractivity contribution < 1.29 is 14.3 Å². The number of rotatable bonds is 7. The number of benzene rings is 2. The molecule has 0 aliphatic carbocycles. The average Bonchev–Trinajstić information content (AvgIpc) is 2.59. The van der Waals surface area contributed by atoms with Crippen LogP contribution in [0.1, 0.15) is 23.1 Å². The van der Waals surface area contributed by atoms with E-state index < -0.39 is 0 Å². The molecule has 6 nitrogen and oxygen atoms in total. The number of amides is 2. The lowest BCUT2D eigenvalue weighted by molar-refractivity contribution is -0.123. The number of nitrogens with zero attached hydrogens (tertiary/aromatic N) is 1. The molecule has 2 N–H and O–H groups in total. The second-order valence-corrected chi connectivity index (χ2v) is 5.92. The Morgan fingerprint density at radius 3 is 2.65 bits per heavy atom. The van der Waals surface area contributed by atoms with E-state index in [1.165, 1.54) is 0 Å². The van der Waals surface area contributed by atoms with E-state index in [1.54, 1.807) is 24.3 Å². The first-order chi connectivity index (χ1) is 12.5. The van der Waals surface area contributed by atoms with Crippen molar-refractivity contribution in [1.82, 2.24) is 5.32 Å². The molecule has 2 rings (SSSR count). The highest BCUT2D eigenvalue weighted by molar-refractivity contribution is 5.92. The number of nitriles is 1. The highest BCUT2D eigenvalue weighted by atomic mass is 16.5. The van der Waals surface area contributed by atoms with Crippen LogP contribution in [-0.2, 0) is 16.1 Å². The van der Waals surface area contributed by atoms with Crippen molar-refractivity contribution in [3.63, 3.8) is 0 Å². The van der Waals surface area contributed by atoms with Crippen LogP contribution in [-0.4, -0.2) is 18.4 Å². The molecular weight excluding hydrogens is 330 g/mol. The Bertz CT molecular complexity index is 840. The van der Waals surface area contributed by atoms with Gasteiger partial charge >= 0.3 is 0 Å². The quantitative estimate of drug-likeness (QED) is 0.802. The molecule has 0 saturated carbocycles. The number of hydrogen-bond donors (Lipinski definition) is 2. The zero-order chi connectivity index (χ0) is 18.9. The number of aryl methyl sites for hydroxylation is 2. The summed E-state index contributed by atoms with van der Waals surface area (Å²) in [6.07, 6.45) is -0.198. The number of anilines is 1. The van der Waals surface area contributed by atoms with Gasteiger partial charge in [-0.05, 0) is 43.2 Å². The van der Waals surface area contributed by atoms with Gasteiger partial charge in [-0.15, -0.1) is 0 Å². The van der Waals surface area contributed by atoms with E-state index in [4.69, 9.17) is 10.00 Å². The summed E-state index contributed by atoms with van der Waals surface area (Å²) in [5, 5.41) is 13.9. The molecule has 0 aliphatic rings. The second-order valence-electron chi connectivity index (χ2n) is 5.92. The predicted octanol–water partition coefficient (Wildman–Crippen LogP) is 2.85. The minimum Gasteiger partial charge on any atom is -0.484 e. The third kappa shape index (κ3) is 5.95. The third-order valence-corrected chi connectivity index (χ3v) is 3.63. The lowest BCUT2D eigenvalue weighted by Gasteiger charge is -2.11. The Balaban J connectivity index is 1.83. The van der Waals surface area contributed by atoms with Crippen molar-refractivity contribution in [3.05, 3.63) is 59.2 Å². The summed E-state index contributed by atoms with van der Waals surface area (Å²) in [5.41, 5.74) is 3.54. The molecule has 2 aromatic rings. The summed E-state index contributed by atoms with van der Waals surface area (Å²) in [5.74, 6) is 0.0902. The molecular formula is C20H21N3O3. The summed E-state index contributed by atoms with van der Waals surface area (Å²) >= 11 is 0. The van der Waals surface area contributed by atoms with E-state index in [0.29, 0.717) is 18.0 Å². The fraction of sp³-hybridized carbons (Fsp3) is 0.250. The first-order valence-corrected chi connectivity index (χ1v) is 8.20. The summed E-state index contributed by atoms with van der Waals surface area (Å²) in [4.78, 5) is 23.4. The van der Waals surface area contributed by atoms with E-state index in [-0.39, 0.29) is 24.8 Å². The monoisotopic (exact) mass is 351 g/mol. The topological polar surface area (TPSA) is 91.2 Å². The van der Waals surface area contributed by atoms with Gasteiger partial charge in [-0.3, -0.25) is 9.59 Å². The Morgan fingerprint density at radius 2 is 1.92 bits per heavy atom. The van der Waals surface area contributed by atoms with Gasteiger partial charge in [-0.1, -0.05) is 29.8 Å². The molecule has 2 amide bonds. The molecule has 134 valence electrons. The lowest BCUT2D eigenvalue weighted by Crippen LogP contribution is -2.28. The van der Waals surface area contributed by atoms with Gasteiger partial charge in [0.15, 0.2) is 6.61 Å². The molecule has 0 bridgehead atoms. The molecule has 0 aromatic heterocycles. The summed E-state index contributed by atoms with van der Waals surface area (Å²) in [7, 11) is 0. The van der Waals surface area contributed by atoms with Gasteiger partial charge in [0, 0.05) is 12.2 Å². The van der Waals surface area contributed by atoms with Crippen LogP contribution in [0.25, 0.3) is 0 Å². The maximum absolute atomic E-state index is 12.0. The van der Waals surface area contributed by atoms with Crippen LogP contribution in [0.5, 0.6) is 5.75 Å². The molecule has 0 heterocycles. The second kappa shape index (κ2) is 9.23. The first kappa shape index (κ1) is 19.0. The fourth-order valence-electron chi connectivity index (χ4n) is 2.39. The molecule has 2 aromatic carbocycles. The van der Waals surface area contributed by atoms with E-state index in [9.17, 15) is 9.59 Å². The van der Waals surface area contributed by atoms with Crippen LogP contribution in [0.4, 0.5) is 5.69 Å². The summed E-state index contributed by atoms with van der Waals surface area (Å²) in [6, 6.07) is 14.7. The van der Waals surface area contributed by atoms with Crippen LogP contribution < -0.4 is 15.4 Å². The van der Waals surface area contributed by atoms with Crippen molar-refractivity contribution in [2.75, 3.05) is 11.9 Å². The number of carbonyl (C=O) groups is 2. The van der Waals surface area contributed by atoms with Gasteiger partial charge in [0.05, 0.1) is 6.07 Å². The SMILES string of the molecule is Cc1ccc(OCC(=O)NCc2cccc(NC(=O)CC#N)c2)c(C)c1. The van der Waals surface area contributed by atoms with Crippen LogP contribution in [0.15, 0.2) is 42.5 Å². The largest absolute Gasteiger partial charge is 0.484 e. The van der Waals surface area contributed by atoms with E-state index in [0.717, 1.165) is 16.7 Å². The van der Waals surface area contributed by atoms with Gasteiger partial charge < -0.3 is 15.4 Å². The number of nitrogens with one attached hydrogen (secondary N) is 2. The summed E-state index contributed by atoms with van der Waals surface area (Å²) in [6.45, 7) is 4.19. The minimum absolute atomic E-state index is 0.0670. The number of hydrogen-bond acceptors (Lipinski definition) is 4. The lowest BCUT2D eigenvalue weighted by atomic mass is 10.1. The van der Waals surface area contributed by atoms with E-state index in [1.807, 2.05) is 38.1 Å². The van der Waals surface area contributed by atoms with Crippen molar-refractivity contribution in [2.24, 2.45) is 0 Å². The minimum atomic E-state index is -0.365. The molecule has 6 heteroatoms. The first-order valence-electron chi connectivity index (χ1n) is 8.20. The normalized spacial score (nSPS) is 9.88. The Kier molecular flexibility index (Phi) is 6.75. The molecule has 0 spiro atoms. The van der Waals surface area contributed by atoms with E-state index in [2.05, 4.69) is 10.6 Å². The molecule has 0 atom stereocenters. The van der Waals surface area contributed by atoms with Crippen LogP contribution in [0.2, 0.25) is 0 Å².